The van der Waals surface area contributed by atoms with E-state index in [1.165, 1.54) is 5.56 Å². The van der Waals surface area contributed by atoms with Gasteiger partial charge >= 0.3 is 0 Å². The van der Waals surface area contributed by atoms with Crippen molar-refractivity contribution < 1.29 is 27.5 Å². The van der Waals surface area contributed by atoms with E-state index >= 15 is 0 Å². The predicted octanol–water partition coefficient (Wildman–Crippen LogP) is 0.251. The van der Waals surface area contributed by atoms with Gasteiger partial charge in [-0.05, 0) is 68.3 Å². The highest BCUT2D eigenvalue weighted by atomic mass is 35.5. The van der Waals surface area contributed by atoms with Crippen LogP contribution in [0.4, 0.5) is 17.1 Å². The molecule has 0 spiro atoms. The summed E-state index contributed by atoms with van der Waals surface area (Å²) in [5.41, 5.74) is 4.82. The number of likely N-dealkylation sites (N-methyl/N-ethyl adjacent to an activating group) is 2. The SMILES string of the molecule is CCN(CC)CC(=O)Nc1ccc2c(c1)N(C(=O)CN(CC)CC)c1ccccc1CC2.O.[Cl-]. The Morgan fingerprint density at radius 1 is 0.824 bits per heavy atom. The van der Waals surface area contributed by atoms with Crippen LogP contribution in [0.3, 0.4) is 0 Å². The fourth-order valence-electron chi connectivity index (χ4n) is 4.23. The van der Waals surface area contributed by atoms with Crippen LogP contribution >= 0.6 is 0 Å². The summed E-state index contributed by atoms with van der Waals surface area (Å²) in [6, 6.07) is 14.1. The number of hydrogen-bond acceptors (Lipinski definition) is 4. The maximum absolute atomic E-state index is 13.6. The standard InChI is InChI=1S/C26H36N4O2.ClH.H2O/c1-5-28(6-2)18-25(31)27-22-16-15-21-14-13-20-11-9-10-12-23(20)30(24(21)17-22)26(32)19-29(7-3)8-4;;/h9-12,15-17H,5-8,13-14,18-19H2,1-4H3,(H,27,31);1H;1H2/p-1. The van der Waals surface area contributed by atoms with E-state index in [2.05, 4.69) is 48.9 Å². The highest BCUT2D eigenvalue weighted by molar-refractivity contribution is 6.04. The van der Waals surface area contributed by atoms with Gasteiger partial charge in [0, 0.05) is 5.69 Å². The molecule has 188 valence electrons. The lowest BCUT2D eigenvalue weighted by molar-refractivity contribution is -0.119. The van der Waals surface area contributed by atoms with Crippen molar-refractivity contribution >= 4 is 28.9 Å². The summed E-state index contributed by atoms with van der Waals surface area (Å²) < 4.78 is 0. The minimum Gasteiger partial charge on any atom is -1.00 e. The number of hydrogen-bond donors (Lipinski definition) is 1. The second-order valence-corrected chi connectivity index (χ2v) is 8.17. The summed E-state index contributed by atoms with van der Waals surface area (Å²) in [4.78, 5) is 32.2. The topological polar surface area (TPSA) is 87.4 Å². The number of anilines is 3. The molecule has 0 radical (unpaired) electrons. The van der Waals surface area contributed by atoms with Crippen molar-refractivity contribution in [1.82, 2.24) is 9.80 Å². The van der Waals surface area contributed by atoms with Crippen LogP contribution in [-0.4, -0.2) is 66.4 Å². The summed E-state index contributed by atoms with van der Waals surface area (Å²) in [6.07, 6.45) is 1.74. The minimum absolute atomic E-state index is 0. The Labute approximate surface area is 209 Å². The molecule has 1 aliphatic heterocycles. The minimum atomic E-state index is -0.0383. The van der Waals surface area contributed by atoms with Crippen molar-refractivity contribution in [3.05, 3.63) is 53.6 Å². The van der Waals surface area contributed by atoms with Crippen molar-refractivity contribution in [2.45, 2.75) is 40.5 Å². The third kappa shape index (κ3) is 7.03. The molecule has 8 heteroatoms. The number of aryl methyl sites for hydroxylation is 2. The third-order valence-electron chi connectivity index (χ3n) is 6.27. The first-order valence-electron chi connectivity index (χ1n) is 11.8. The van der Waals surface area contributed by atoms with Gasteiger partial charge in [0.05, 0.1) is 24.5 Å². The van der Waals surface area contributed by atoms with Gasteiger partial charge in [-0.3, -0.25) is 24.3 Å². The lowest BCUT2D eigenvalue weighted by Gasteiger charge is -2.28. The van der Waals surface area contributed by atoms with Gasteiger partial charge in [-0.25, -0.2) is 0 Å². The number of nitrogens with zero attached hydrogens (tertiary/aromatic N) is 3. The van der Waals surface area contributed by atoms with Gasteiger partial charge in [0.2, 0.25) is 11.8 Å². The zero-order chi connectivity index (χ0) is 23.1. The monoisotopic (exact) mass is 489 g/mol. The first-order valence-corrected chi connectivity index (χ1v) is 11.8. The van der Waals surface area contributed by atoms with Crippen LogP contribution in [0.2, 0.25) is 0 Å². The molecule has 1 heterocycles. The summed E-state index contributed by atoms with van der Waals surface area (Å²) in [7, 11) is 0. The highest BCUT2D eigenvalue weighted by Gasteiger charge is 2.27. The molecule has 0 bridgehead atoms. The molecule has 7 nitrogen and oxygen atoms in total. The van der Waals surface area contributed by atoms with Crippen LogP contribution in [0.1, 0.15) is 38.8 Å². The fourth-order valence-corrected chi connectivity index (χ4v) is 4.23. The van der Waals surface area contributed by atoms with E-state index < -0.39 is 0 Å². The number of amides is 2. The molecule has 3 N–H and O–H groups in total. The van der Waals surface area contributed by atoms with E-state index in [1.54, 1.807) is 0 Å². The maximum atomic E-state index is 13.6. The lowest BCUT2D eigenvalue weighted by Crippen LogP contribution is -3.00. The number of para-hydroxylation sites is 1. The quantitative estimate of drug-likeness (QED) is 0.547. The first kappa shape index (κ1) is 29.6. The van der Waals surface area contributed by atoms with E-state index in [0.717, 1.165) is 61.6 Å². The van der Waals surface area contributed by atoms with E-state index in [0.29, 0.717) is 13.1 Å². The van der Waals surface area contributed by atoms with Gasteiger partial charge in [0.25, 0.3) is 0 Å². The molecule has 3 rings (SSSR count). The van der Waals surface area contributed by atoms with Crippen molar-refractivity contribution in [1.29, 1.82) is 0 Å². The van der Waals surface area contributed by atoms with E-state index in [9.17, 15) is 9.59 Å². The Kier molecular flexibility index (Phi) is 12.2. The van der Waals surface area contributed by atoms with Crippen LogP contribution in [0.15, 0.2) is 42.5 Å². The van der Waals surface area contributed by atoms with E-state index in [-0.39, 0.29) is 29.7 Å². The van der Waals surface area contributed by atoms with Crippen LogP contribution in [0.5, 0.6) is 0 Å². The number of nitrogens with one attached hydrogen (secondary N) is 1. The lowest BCUT2D eigenvalue weighted by atomic mass is 10.0. The molecule has 2 aromatic rings. The van der Waals surface area contributed by atoms with Crippen molar-refractivity contribution in [2.24, 2.45) is 0 Å². The smallest absolute Gasteiger partial charge is 0.245 e. The molecule has 0 aromatic heterocycles. The molecule has 0 atom stereocenters. The number of benzene rings is 2. The second-order valence-electron chi connectivity index (χ2n) is 8.17. The van der Waals surface area contributed by atoms with Gasteiger partial charge in [-0.2, -0.15) is 0 Å². The Bertz CT molecular complexity index is 945. The Morgan fingerprint density at radius 2 is 1.38 bits per heavy atom. The average Bonchev–Trinajstić information content (AvgIpc) is 2.97. The summed E-state index contributed by atoms with van der Waals surface area (Å²) >= 11 is 0. The van der Waals surface area contributed by atoms with E-state index in [4.69, 9.17) is 0 Å². The highest BCUT2D eigenvalue weighted by Crippen LogP contribution is 2.37. The molecule has 0 unspecified atom stereocenters. The molecular weight excluding hydrogens is 452 g/mol. The zero-order valence-corrected chi connectivity index (χ0v) is 21.5. The summed E-state index contributed by atoms with van der Waals surface area (Å²) in [5, 5.41) is 3.03. The number of rotatable bonds is 9. The summed E-state index contributed by atoms with van der Waals surface area (Å²) in [5.74, 6) is 0.0135. The molecule has 0 saturated carbocycles. The predicted molar refractivity (Wildman–Crippen MR) is 135 cm³/mol. The zero-order valence-electron chi connectivity index (χ0n) is 20.7. The van der Waals surface area contributed by atoms with Crippen molar-refractivity contribution in [2.75, 3.05) is 49.5 Å². The Morgan fingerprint density at radius 3 is 2.00 bits per heavy atom. The molecule has 0 aliphatic carbocycles. The molecule has 2 amide bonds. The molecular formula is C26H38ClN4O3-. The van der Waals surface area contributed by atoms with Crippen LogP contribution in [0.25, 0.3) is 0 Å². The first-order chi connectivity index (χ1) is 15.5. The van der Waals surface area contributed by atoms with Gasteiger partial charge < -0.3 is 23.2 Å². The number of halogens is 1. The van der Waals surface area contributed by atoms with Gasteiger partial charge in [-0.15, -0.1) is 0 Å². The van der Waals surface area contributed by atoms with Crippen molar-refractivity contribution in [3.63, 3.8) is 0 Å². The maximum Gasteiger partial charge on any atom is 0.245 e. The average molecular weight is 490 g/mol. The van der Waals surface area contributed by atoms with Crippen LogP contribution in [0, 0.1) is 0 Å². The normalized spacial score (nSPS) is 12.2. The molecule has 2 aromatic carbocycles. The number of fused-ring (bicyclic) bond motifs is 2. The van der Waals surface area contributed by atoms with Gasteiger partial charge in [-0.1, -0.05) is 52.0 Å². The third-order valence-corrected chi connectivity index (χ3v) is 6.27. The summed E-state index contributed by atoms with van der Waals surface area (Å²) in [6.45, 7) is 12.3. The van der Waals surface area contributed by atoms with Crippen molar-refractivity contribution in [3.8, 4) is 0 Å². The van der Waals surface area contributed by atoms with Crippen LogP contribution < -0.4 is 22.6 Å². The van der Waals surface area contributed by atoms with Crippen LogP contribution in [-0.2, 0) is 22.4 Å². The Balaban J connectivity index is 0.00000289. The second kappa shape index (κ2) is 14.1. The molecule has 34 heavy (non-hydrogen) atoms. The Hall–Kier alpha value is -2.45. The number of carbonyl (C=O) groups excluding carboxylic acids is 2. The molecule has 0 saturated heterocycles. The van der Waals surface area contributed by atoms with Gasteiger partial charge in [0.15, 0.2) is 0 Å². The number of carbonyl (C=O) groups is 2. The molecule has 0 fully saturated rings. The largest absolute Gasteiger partial charge is 1.00 e. The van der Waals surface area contributed by atoms with Gasteiger partial charge in [0.1, 0.15) is 0 Å². The fraction of sp³-hybridized carbons (Fsp3) is 0.462. The molecule has 1 aliphatic rings. The van der Waals surface area contributed by atoms with E-state index in [1.807, 2.05) is 41.3 Å².